The smallest absolute Gasteiger partial charge is 0.184 e. The van der Waals surface area contributed by atoms with Gasteiger partial charge < -0.3 is 10.5 Å². The fourth-order valence-electron chi connectivity index (χ4n) is 2.11. The largest absolute Gasteiger partial charge is 0.493 e. The molecule has 19 heavy (non-hydrogen) atoms. The third kappa shape index (κ3) is 2.34. The zero-order chi connectivity index (χ0) is 13.2. The van der Waals surface area contributed by atoms with Crippen LogP contribution in [0.4, 0.5) is 0 Å². The number of fused-ring (bicyclic) bond motifs is 1. The van der Waals surface area contributed by atoms with Crippen molar-refractivity contribution in [2.75, 3.05) is 6.61 Å². The summed E-state index contributed by atoms with van der Waals surface area (Å²) in [4.78, 5) is 12.2. The molecule has 0 atom stereocenters. The van der Waals surface area contributed by atoms with Gasteiger partial charge in [0.1, 0.15) is 12.3 Å². The van der Waals surface area contributed by atoms with Crippen molar-refractivity contribution in [3.8, 4) is 5.75 Å². The second kappa shape index (κ2) is 4.81. The molecule has 6 nitrogen and oxygen atoms in total. The van der Waals surface area contributed by atoms with Crippen molar-refractivity contribution in [3.63, 3.8) is 0 Å². The van der Waals surface area contributed by atoms with Crippen molar-refractivity contribution in [3.05, 3.63) is 41.2 Å². The minimum Gasteiger partial charge on any atom is -0.493 e. The molecule has 0 radical (unpaired) electrons. The van der Waals surface area contributed by atoms with Crippen molar-refractivity contribution >= 4 is 5.78 Å². The summed E-state index contributed by atoms with van der Waals surface area (Å²) >= 11 is 0. The highest BCUT2D eigenvalue weighted by Gasteiger charge is 2.15. The average molecular weight is 258 g/mol. The summed E-state index contributed by atoms with van der Waals surface area (Å²) in [5.41, 5.74) is 7.89. The van der Waals surface area contributed by atoms with E-state index in [9.17, 15) is 4.79 Å². The molecule has 0 saturated carbocycles. The molecular weight excluding hydrogens is 244 g/mol. The summed E-state index contributed by atoms with van der Waals surface area (Å²) in [6.07, 6.45) is 2.55. The normalized spacial score (nSPS) is 13.1. The van der Waals surface area contributed by atoms with Crippen molar-refractivity contribution in [2.24, 2.45) is 5.73 Å². The summed E-state index contributed by atoms with van der Waals surface area (Å²) in [5.74, 6) is 0.880. The molecule has 0 amide bonds. The molecule has 1 aromatic heterocycles. The van der Waals surface area contributed by atoms with Gasteiger partial charge in [-0.05, 0) is 23.8 Å². The van der Waals surface area contributed by atoms with Gasteiger partial charge in [0, 0.05) is 18.5 Å². The van der Waals surface area contributed by atoms with E-state index in [0.29, 0.717) is 24.4 Å². The number of benzene rings is 1. The minimum absolute atomic E-state index is 0.00294. The van der Waals surface area contributed by atoms with E-state index >= 15 is 0 Å². The van der Waals surface area contributed by atoms with E-state index < -0.39 is 0 Å². The van der Waals surface area contributed by atoms with Crippen LogP contribution in [0.5, 0.6) is 5.75 Å². The second-order valence-electron chi connectivity index (χ2n) is 4.46. The molecule has 1 aliphatic rings. The standard InChI is InChI=1S/C13H14N4O2/c14-6-11-7-17(16-15-11)8-12(18)9-1-2-13-10(5-9)3-4-19-13/h1-2,5,7H,3-4,6,8,14H2. The molecule has 0 unspecified atom stereocenters. The van der Waals surface area contributed by atoms with E-state index in [2.05, 4.69) is 10.3 Å². The van der Waals surface area contributed by atoms with Crippen LogP contribution in [0.25, 0.3) is 0 Å². The van der Waals surface area contributed by atoms with Gasteiger partial charge in [0.25, 0.3) is 0 Å². The number of hydrogen-bond donors (Lipinski definition) is 1. The number of carbonyl (C=O) groups excluding carboxylic acids is 1. The number of carbonyl (C=O) groups is 1. The molecule has 6 heteroatoms. The predicted molar refractivity (Wildman–Crippen MR) is 67.9 cm³/mol. The number of Topliss-reactive ketones (excluding diaryl/α,β-unsaturated/α-hetero) is 1. The highest BCUT2D eigenvalue weighted by molar-refractivity contribution is 5.96. The molecular formula is C13H14N4O2. The predicted octanol–water partition coefficient (Wildman–Crippen LogP) is 0.555. The molecule has 1 aromatic carbocycles. The monoisotopic (exact) mass is 258 g/mol. The van der Waals surface area contributed by atoms with Crippen molar-refractivity contribution in [1.82, 2.24) is 15.0 Å². The zero-order valence-electron chi connectivity index (χ0n) is 10.4. The van der Waals surface area contributed by atoms with E-state index in [1.54, 1.807) is 12.3 Å². The Labute approximate surface area is 110 Å². The van der Waals surface area contributed by atoms with Crippen LogP contribution in [0.2, 0.25) is 0 Å². The molecule has 0 aliphatic carbocycles. The van der Waals surface area contributed by atoms with Gasteiger partial charge in [0.05, 0.1) is 18.5 Å². The maximum absolute atomic E-state index is 12.2. The number of hydrogen-bond acceptors (Lipinski definition) is 5. The Bertz CT molecular complexity index is 621. The van der Waals surface area contributed by atoms with E-state index in [4.69, 9.17) is 10.5 Å². The minimum atomic E-state index is 0.00294. The summed E-state index contributed by atoms with van der Waals surface area (Å²) in [5, 5.41) is 7.72. The summed E-state index contributed by atoms with van der Waals surface area (Å²) in [6, 6.07) is 5.53. The first-order valence-electron chi connectivity index (χ1n) is 6.14. The molecule has 3 rings (SSSR count). The van der Waals surface area contributed by atoms with Gasteiger partial charge in [-0.25, -0.2) is 4.68 Å². The highest BCUT2D eigenvalue weighted by atomic mass is 16.5. The van der Waals surface area contributed by atoms with E-state index in [1.807, 2.05) is 12.1 Å². The lowest BCUT2D eigenvalue weighted by atomic mass is 10.1. The first-order chi connectivity index (χ1) is 9.26. The molecule has 0 fully saturated rings. The number of ketones is 1. The van der Waals surface area contributed by atoms with E-state index in [-0.39, 0.29) is 12.3 Å². The Morgan fingerprint density at radius 2 is 2.37 bits per heavy atom. The molecule has 1 aliphatic heterocycles. The Balaban J connectivity index is 1.76. The van der Waals surface area contributed by atoms with Crippen LogP contribution in [-0.4, -0.2) is 27.4 Å². The summed E-state index contributed by atoms with van der Waals surface area (Å²) in [6.45, 7) is 1.19. The molecule has 2 heterocycles. The molecule has 0 saturated heterocycles. The molecule has 0 spiro atoms. The van der Waals surface area contributed by atoms with Crippen molar-refractivity contribution in [1.29, 1.82) is 0 Å². The molecule has 98 valence electrons. The third-order valence-electron chi connectivity index (χ3n) is 3.11. The lowest BCUT2D eigenvalue weighted by Crippen LogP contribution is -2.11. The maximum Gasteiger partial charge on any atom is 0.184 e. The Kier molecular flexibility index (Phi) is 3.00. The van der Waals surface area contributed by atoms with Gasteiger partial charge in [0.2, 0.25) is 0 Å². The molecule has 2 N–H and O–H groups in total. The number of ether oxygens (including phenoxy) is 1. The van der Waals surface area contributed by atoms with Crippen LogP contribution in [0.1, 0.15) is 21.6 Å². The fourth-order valence-corrected chi connectivity index (χ4v) is 2.11. The number of nitrogens with two attached hydrogens (primary N) is 1. The van der Waals surface area contributed by atoms with Gasteiger partial charge >= 0.3 is 0 Å². The lowest BCUT2D eigenvalue weighted by Gasteiger charge is -2.03. The molecule has 2 aromatic rings. The average Bonchev–Trinajstić information content (AvgIpc) is 3.05. The highest BCUT2D eigenvalue weighted by Crippen LogP contribution is 2.26. The van der Waals surface area contributed by atoms with Crippen molar-refractivity contribution < 1.29 is 9.53 Å². The van der Waals surface area contributed by atoms with E-state index in [0.717, 1.165) is 17.7 Å². The Morgan fingerprint density at radius 1 is 1.47 bits per heavy atom. The van der Waals surface area contributed by atoms with Gasteiger partial charge in [0.15, 0.2) is 5.78 Å². The van der Waals surface area contributed by atoms with Crippen LogP contribution < -0.4 is 10.5 Å². The van der Waals surface area contributed by atoms with Crippen LogP contribution in [-0.2, 0) is 19.5 Å². The fraction of sp³-hybridized carbons (Fsp3) is 0.308. The van der Waals surface area contributed by atoms with Gasteiger partial charge in [-0.3, -0.25) is 4.79 Å². The summed E-state index contributed by atoms with van der Waals surface area (Å²) < 4.78 is 6.92. The molecule has 0 bridgehead atoms. The van der Waals surface area contributed by atoms with Gasteiger partial charge in [-0.15, -0.1) is 5.10 Å². The van der Waals surface area contributed by atoms with Crippen LogP contribution in [0, 0.1) is 0 Å². The summed E-state index contributed by atoms with van der Waals surface area (Å²) in [7, 11) is 0. The number of nitrogens with zero attached hydrogens (tertiary/aromatic N) is 3. The first-order valence-corrected chi connectivity index (χ1v) is 6.14. The Morgan fingerprint density at radius 3 is 3.16 bits per heavy atom. The van der Waals surface area contributed by atoms with Crippen molar-refractivity contribution in [2.45, 2.75) is 19.5 Å². The van der Waals surface area contributed by atoms with Gasteiger partial charge in [-0.2, -0.15) is 0 Å². The first kappa shape index (κ1) is 11.9. The SMILES string of the molecule is NCc1cn(CC(=O)c2ccc3c(c2)CCO3)nn1. The van der Waals surface area contributed by atoms with Crippen LogP contribution >= 0.6 is 0 Å². The topological polar surface area (TPSA) is 83.0 Å². The lowest BCUT2D eigenvalue weighted by molar-refractivity contribution is 0.0967. The zero-order valence-corrected chi connectivity index (χ0v) is 10.4. The third-order valence-corrected chi connectivity index (χ3v) is 3.11. The van der Waals surface area contributed by atoms with Gasteiger partial charge in [-0.1, -0.05) is 5.21 Å². The van der Waals surface area contributed by atoms with Crippen LogP contribution in [0.15, 0.2) is 24.4 Å². The quantitative estimate of drug-likeness (QED) is 0.810. The maximum atomic E-state index is 12.2. The van der Waals surface area contributed by atoms with Crippen LogP contribution in [0.3, 0.4) is 0 Å². The number of rotatable bonds is 4. The number of aromatic nitrogens is 3. The second-order valence-corrected chi connectivity index (χ2v) is 4.46. The Hall–Kier alpha value is -2.21. The van der Waals surface area contributed by atoms with E-state index in [1.165, 1.54) is 4.68 Å².